The minimum Gasteiger partial charge on any atom is -0.381 e. The first-order valence-corrected chi connectivity index (χ1v) is 7.42. The van der Waals surface area contributed by atoms with E-state index in [2.05, 4.69) is 22.3 Å². The molecule has 1 aromatic carbocycles. The van der Waals surface area contributed by atoms with Crippen molar-refractivity contribution in [3.8, 4) is 0 Å². The van der Waals surface area contributed by atoms with Crippen LogP contribution in [0.3, 0.4) is 0 Å². The monoisotopic (exact) mass is 272 g/mol. The molecule has 1 aliphatic heterocycles. The summed E-state index contributed by atoms with van der Waals surface area (Å²) in [4.78, 5) is 14.8. The lowest BCUT2D eigenvalue weighted by Gasteiger charge is -2.42. The first kappa shape index (κ1) is 12.4. The second-order valence-corrected chi connectivity index (χ2v) is 6.24. The van der Waals surface area contributed by atoms with Crippen LogP contribution in [0.15, 0.2) is 30.3 Å². The molecule has 1 atom stereocenters. The Labute approximate surface area is 119 Å². The molecule has 106 valence electrons. The van der Waals surface area contributed by atoms with E-state index in [4.69, 9.17) is 4.74 Å². The maximum absolute atomic E-state index is 12.7. The van der Waals surface area contributed by atoms with E-state index in [1.807, 2.05) is 18.2 Å². The van der Waals surface area contributed by atoms with E-state index in [1.165, 1.54) is 5.56 Å². The Morgan fingerprint density at radius 2 is 1.95 bits per heavy atom. The van der Waals surface area contributed by atoms with Crippen LogP contribution in [0.1, 0.15) is 37.4 Å². The van der Waals surface area contributed by atoms with Crippen molar-refractivity contribution in [3.63, 3.8) is 0 Å². The van der Waals surface area contributed by atoms with Gasteiger partial charge in [-0.05, 0) is 31.2 Å². The molecule has 1 unspecified atom stereocenters. The first-order chi connectivity index (χ1) is 9.73. The van der Waals surface area contributed by atoms with E-state index in [1.54, 1.807) is 7.11 Å². The van der Waals surface area contributed by atoms with Gasteiger partial charge in [-0.3, -0.25) is 10.1 Å². The van der Waals surface area contributed by atoms with Gasteiger partial charge in [0.25, 0.3) is 0 Å². The summed E-state index contributed by atoms with van der Waals surface area (Å²) < 4.78 is 5.36. The second-order valence-electron chi connectivity index (χ2n) is 6.24. The van der Waals surface area contributed by atoms with E-state index in [9.17, 15) is 4.79 Å². The maximum atomic E-state index is 12.7. The lowest BCUT2D eigenvalue weighted by atomic mass is 9.87. The van der Waals surface area contributed by atoms with Crippen LogP contribution >= 0.6 is 0 Å². The molecule has 2 saturated carbocycles. The van der Waals surface area contributed by atoms with E-state index in [0.717, 1.165) is 25.7 Å². The van der Waals surface area contributed by atoms with Gasteiger partial charge in [0.05, 0.1) is 6.10 Å². The molecule has 3 fully saturated rings. The van der Waals surface area contributed by atoms with Crippen molar-refractivity contribution in [3.05, 3.63) is 35.9 Å². The summed E-state index contributed by atoms with van der Waals surface area (Å²) in [5.41, 5.74) is 0.934. The molecule has 0 bridgehead atoms. The molecule has 0 radical (unpaired) electrons. The van der Waals surface area contributed by atoms with Crippen LogP contribution in [0.2, 0.25) is 0 Å². The molecule has 1 heterocycles. The van der Waals surface area contributed by atoms with Crippen LogP contribution in [-0.4, -0.2) is 35.6 Å². The van der Waals surface area contributed by atoms with Crippen molar-refractivity contribution >= 4 is 5.91 Å². The number of carbonyl (C=O) groups excluding carboxylic acids is 1. The molecule has 0 aromatic heterocycles. The van der Waals surface area contributed by atoms with E-state index >= 15 is 0 Å². The minimum atomic E-state index is -0.251. The largest absolute Gasteiger partial charge is 0.381 e. The van der Waals surface area contributed by atoms with Gasteiger partial charge in [0.15, 0.2) is 0 Å². The molecule has 4 nitrogen and oxygen atoms in total. The second kappa shape index (κ2) is 4.30. The van der Waals surface area contributed by atoms with Crippen LogP contribution < -0.4 is 5.32 Å². The highest BCUT2D eigenvalue weighted by Crippen LogP contribution is 2.48. The molecule has 1 spiro atoms. The zero-order valence-electron chi connectivity index (χ0n) is 11.7. The molecule has 1 N–H and O–H groups in total. The number of carbonyl (C=O) groups is 1. The van der Waals surface area contributed by atoms with Crippen LogP contribution in [0.5, 0.6) is 0 Å². The van der Waals surface area contributed by atoms with Gasteiger partial charge in [0.2, 0.25) is 5.91 Å². The third-order valence-corrected chi connectivity index (χ3v) is 5.00. The van der Waals surface area contributed by atoms with Crippen molar-refractivity contribution in [1.82, 2.24) is 10.2 Å². The summed E-state index contributed by atoms with van der Waals surface area (Å²) in [5, 5.41) is 3.57. The Balaban J connectivity index is 1.61. The Kier molecular flexibility index (Phi) is 2.66. The van der Waals surface area contributed by atoms with Gasteiger partial charge < -0.3 is 9.64 Å². The predicted molar refractivity (Wildman–Crippen MR) is 74.9 cm³/mol. The number of amides is 1. The fourth-order valence-electron chi connectivity index (χ4n) is 3.45. The number of methoxy groups -OCH3 is 1. The standard InChI is InChI=1S/C16H20N2O2/c1-20-13-9-12(10-13)18-14(11-5-3-2-4-6-11)17-16(7-8-16)15(18)19/h2-6,12-14,17H,7-10H2,1H3. The summed E-state index contributed by atoms with van der Waals surface area (Å²) in [6.07, 6.45) is 4.24. The number of nitrogens with one attached hydrogen (secondary N) is 1. The number of nitrogens with zero attached hydrogens (tertiary/aromatic N) is 1. The summed E-state index contributed by atoms with van der Waals surface area (Å²) in [6.45, 7) is 0. The molecule has 1 saturated heterocycles. The van der Waals surface area contributed by atoms with Gasteiger partial charge >= 0.3 is 0 Å². The third kappa shape index (κ3) is 1.71. The molecule has 3 aliphatic rings. The normalized spacial score (nSPS) is 34.4. The van der Waals surface area contributed by atoms with Crippen molar-refractivity contribution in [2.24, 2.45) is 0 Å². The Bertz CT molecular complexity index is 521. The number of hydrogen-bond acceptors (Lipinski definition) is 3. The van der Waals surface area contributed by atoms with Gasteiger partial charge in [-0.2, -0.15) is 0 Å². The lowest BCUT2D eigenvalue weighted by molar-refractivity contribution is -0.138. The third-order valence-electron chi connectivity index (χ3n) is 5.00. The van der Waals surface area contributed by atoms with E-state index < -0.39 is 0 Å². The number of rotatable bonds is 3. The predicted octanol–water partition coefficient (Wildman–Crippen LogP) is 1.83. The van der Waals surface area contributed by atoms with Crippen molar-refractivity contribution in [1.29, 1.82) is 0 Å². The van der Waals surface area contributed by atoms with Crippen LogP contribution in [-0.2, 0) is 9.53 Å². The highest BCUT2D eigenvalue weighted by molar-refractivity contribution is 5.92. The average molecular weight is 272 g/mol. The van der Waals surface area contributed by atoms with Crippen LogP contribution in [0.25, 0.3) is 0 Å². The maximum Gasteiger partial charge on any atom is 0.244 e. The number of hydrogen-bond donors (Lipinski definition) is 1. The molecule has 1 amide bonds. The fraction of sp³-hybridized carbons (Fsp3) is 0.562. The SMILES string of the molecule is COC1CC(N2C(=O)C3(CC3)NC2c2ccccc2)C1. The van der Waals surface area contributed by atoms with Crippen LogP contribution in [0.4, 0.5) is 0 Å². The average Bonchev–Trinajstić information content (AvgIpc) is 3.16. The van der Waals surface area contributed by atoms with Gasteiger partial charge in [0.1, 0.15) is 11.7 Å². The fourth-order valence-corrected chi connectivity index (χ4v) is 3.45. The summed E-state index contributed by atoms with van der Waals surface area (Å²) in [7, 11) is 1.75. The lowest BCUT2D eigenvalue weighted by Crippen LogP contribution is -2.50. The van der Waals surface area contributed by atoms with Gasteiger partial charge in [-0.25, -0.2) is 0 Å². The first-order valence-electron chi connectivity index (χ1n) is 7.42. The van der Waals surface area contributed by atoms with E-state index in [-0.39, 0.29) is 11.7 Å². The topological polar surface area (TPSA) is 41.6 Å². The highest BCUT2D eigenvalue weighted by atomic mass is 16.5. The molecule has 4 heteroatoms. The number of benzene rings is 1. The van der Waals surface area contributed by atoms with Gasteiger partial charge in [-0.15, -0.1) is 0 Å². The van der Waals surface area contributed by atoms with Crippen molar-refractivity contribution in [2.75, 3.05) is 7.11 Å². The molecule has 2 aliphatic carbocycles. The zero-order valence-corrected chi connectivity index (χ0v) is 11.7. The smallest absolute Gasteiger partial charge is 0.244 e. The molecular weight excluding hydrogens is 252 g/mol. The quantitative estimate of drug-likeness (QED) is 0.912. The Morgan fingerprint density at radius 3 is 2.55 bits per heavy atom. The van der Waals surface area contributed by atoms with Crippen molar-refractivity contribution < 1.29 is 9.53 Å². The zero-order chi connectivity index (χ0) is 13.7. The Hall–Kier alpha value is -1.39. The summed E-state index contributed by atoms with van der Waals surface area (Å²) in [6, 6.07) is 10.6. The van der Waals surface area contributed by atoms with Crippen LogP contribution in [0, 0.1) is 0 Å². The molecule has 20 heavy (non-hydrogen) atoms. The number of ether oxygens (including phenoxy) is 1. The molecule has 4 rings (SSSR count). The molecule has 1 aromatic rings. The van der Waals surface area contributed by atoms with Gasteiger partial charge in [-0.1, -0.05) is 30.3 Å². The minimum absolute atomic E-state index is 0.0361. The Morgan fingerprint density at radius 1 is 1.25 bits per heavy atom. The van der Waals surface area contributed by atoms with Gasteiger partial charge in [0, 0.05) is 13.2 Å². The highest BCUT2D eigenvalue weighted by Gasteiger charge is 2.61. The van der Waals surface area contributed by atoms with E-state index in [0.29, 0.717) is 18.1 Å². The molecular formula is C16H20N2O2. The summed E-state index contributed by atoms with van der Waals surface area (Å²) in [5.74, 6) is 0.297. The van der Waals surface area contributed by atoms with Crippen molar-refractivity contribution in [2.45, 2.75) is 49.5 Å². The summed E-state index contributed by atoms with van der Waals surface area (Å²) >= 11 is 0.